The SMILES string of the molecule is O=C(COC(=O)c1ccccc1NC(=O)c1ccccc1)NC[C@H]1CCCO1. The zero-order valence-corrected chi connectivity index (χ0v) is 15.4. The van der Waals surface area contributed by atoms with Crippen LogP contribution in [-0.4, -0.2) is 43.6 Å². The molecule has 1 aliphatic heterocycles. The molecule has 1 heterocycles. The zero-order valence-electron chi connectivity index (χ0n) is 15.4. The average molecular weight is 382 g/mol. The second-order valence-corrected chi connectivity index (χ2v) is 6.38. The Morgan fingerprint density at radius 3 is 2.54 bits per heavy atom. The van der Waals surface area contributed by atoms with Gasteiger partial charge < -0.3 is 20.1 Å². The summed E-state index contributed by atoms with van der Waals surface area (Å²) in [5.74, 6) is -1.42. The third kappa shape index (κ3) is 5.40. The highest BCUT2D eigenvalue weighted by molar-refractivity contribution is 6.08. The first kappa shape index (κ1) is 19.6. The molecule has 2 N–H and O–H groups in total. The smallest absolute Gasteiger partial charge is 0.340 e. The number of ether oxygens (including phenoxy) is 2. The van der Waals surface area contributed by atoms with Gasteiger partial charge in [0, 0.05) is 18.7 Å². The maximum atomic E-state index is 12.4. The Hall–Kier alpha value is -3.19. The Morgan fingerprint density at radius 2 is 1.79 bits per heavy atom. The van der Waals surface area contributed by atoms with E-state index >= 15 is 0 Å². The lowest BCUT2D eigenvalue weighted by molar-refractivity contribution is -0.124. The Balaban J connectivity index is 1.54. The molecule has 2 aromatic rings. The summed E-state index contributed by atoms with van der Waals surface area (Å²) in [6.07, 6.45) is 1.92. The van der Waals surface area contributed by atoms with E-state index in [1.54, 1.807) is 42.5 Å². The topological polar surface area (TPSA) is 93.7 Å². The van der Waals surface area contributed by atoms with Gasteiger partial charge in [-0.15, -0.1) is 0 Å². The molecule has 0 radical (unpaired) electrons. The maximum Gasteiger partial charge on any atom is 0.340 e. The standard InChI is InChI=1S/C21H22N2O5/c24-19(22-13-16-9-6-12-27-16)14-28-21(26)17-10-4-5-11-18(17)23-20(25)15-7-2-1-3-8-15/h1-5,7-8,10-11,16H,6,9,12-14H2,(H,22,24)(H,23,25)/t16-/m1/s1. The Morgan fingerprint density at radius 1 is 1.04 bits per heavy atom. The lowest BCUT2D eigenvalue weighted by atomic mass is 10.1. The van der Waals surface area contributed by atoms with Crippen LogP contribution in [0.1, 0.15) is 33.6 Å². The molecule has 7 heteroatoms. The summed E-state index contributed by atoms with van der Waals surface area (Å²) in [7, 11) is 0. The van der Waals surface area contributed by atoms with E-state index in [9.17, 15) is 14.4 Å². The normalized spacial score (nSPS) is 15.6. The van der Waals surface area contributed by atoms with Crippen molar-refractivity contribution in [3.8, 4) is 0 Å². The van der Waals surface area contributed by atoms with Crippen LogP contribution in [0.15, 0.2) is 54.6 Å². The van der Waals surface area contributed by atoms with E-state index < -0.39 is 18.5 Å². The molecule has 1 fully saturated rings. The van der Waals surface area contributed by atoms with Crippen molar-refractivity contribution in [2.75, 3.05) is 25.1 Å². The van der Waals surface area contributed by atoms with Gasteiger partial charge in [-0.3, -0.25) is 9.59 Å². The van der Waals surface area contributed by atoms with Crippen LogP contribution in [0.2, 0.25) is 0 Å². The third-order valence-electron chi connectivity index (χ3n) is 4.32. The number of hydrogen-bond donors (Lipinski definition) is 2. The molecule has 0 spiro atoms. The molecular formula is C21H22N2O5. The summed E-state index contributed by atoms with van der Waals surface area (Å²) in [6.45, 7) is 0.716. The molecule has 0 aliphatic carbocycles. The van der Waals surface area contributed by atoms with Gasteiger partial charge in [-0.25, -0.2) is 4.79 Å². The van der Waals surface area contributed by atoms with Crippen LogP contribution in [0.3, 0.4) is 0 Å². The lowest BCUT2D eigenvalue weighted by Crippen LogP contribution is -2.34. The van der Waals surface area contributed by atoms with Gasteiger partial charge in [-0.05, 0) is 37.1 Å². The molecule has 1 aliphatic rings. The van der Waals surface area contributed by atoms with Crippen LogP contribution < -0.4 is 10.6 Å². The van der Waals surface area contributed by atoms with Gasteiger partial charge >= 0.3 is 5.97 Å². The molecule has 7 nitrogen and oxygen atoms in total. The summed E-state index contributed by atoms with van der Waals surface area (Å²) in [5, 5.41) is 5.39. The molecule has 1 atom stereocenters. The van der Waals surface area contributed by atoms with Crippen molar-refractivity contribution >= 4 is 23.5 Å². The van der Waals surface area contributed by atoms with Gasteiger partial charge in [0.15, 0.2) is 6.61 Å². The van der Waals surface area contributed by atoms with Crippen LogP contribution in [0, 0.1) is 0 Å². The number of rotatable bonds is 7. The monoisotopic (exact) mass is 382 g/mol. The van der Waals surface area contributed by atoms with E-state index in [4.69, 9.17) is 9.47 Å². The van der Waals surface area contributed by atoms with Crippen molar-refractivity contribution < 1.29 is 23.9 Å². The van der Waals surface area contributed by atoms with Gasteiger partial charge in [0.1, 0.15) is 0 Å². The number of carbonyl (C=O) groups is 3. The fraction of sp³-hybridized carbons (Fsp3) is 0.286. The number of esters is 1. The van der Waals surface area contributed by atoms with E-state index in [0.29, 0.717) is 24.4 Å². The molecule has 2 aromatic carbocycles. The van der Waals surface area contributed by atoms with Crippen LogP contribution in [0.5, 0.6) is 0 Å². The fourth-order valence-electron chi connectivity index (χ4n) is 2.85. The van der Waals surface area contributed by atoms with Gasteiger partial charge in [-0.2, -0.15) is 0 Å². The Bertz CT molecular complexity index is 832. The van der Waals surface area contributed by atoms with Gasteiger partial charge in [0.25, 0.3) is 11.8 Å². The van der Waals surface area contributed by atoms with Gasteiger partial charge in [-0.1, -0.05) is 30.3 Å². The van der Waals surface area contributed by atoms with Crippen LogP contribution >= 0.6 is 0 Å². The first-order valence-electron chi connectivity index (χ1n) is 9.14. The summed E-state index contributed by atoms with van der Waals surface area (Å²) in [5.41, 5.74) is 0.971. The number of anilines is 1. The number of carbonyl (C=O) groups excluding carboxylic acids is 3. The second kappa shape index (κ2) is 9.66. The van der Waals surface area contributed by atoms with Gasteiger partial charge in [0.05, 0.1) is 17.4 Å². The molecule has 146 valence electrons. The van der Waals surface area contributed by atoms with Crippen LogP contribution in [0.4, 0.5) is 5.69 Å². The quantitative estimate of drug-likeness (QED) is 0.717. The van der Waals surface area contributed by atoms with Crippen LogP contribution in [-0.2, 0) is 14.3 Å². The summed E-state index contributed by atoms with van der Waals surface area (Å²) >= 11 is 0. The number of amides is 2. The van der Waals surface area contributed by atoms with E-state index in [1.165, 1.54) is 6.07 Å². The van der Waals surface area contributed by atoms with Crippen molar-refractivity contribution in [2.24, 2.45) is 0 Å². The van der Waals surface area contributed by atoms with Gasteiger partial charge in [0.2, 0.25) is 0 Å². The molecule has 0 unspecified atom stereocenters. The predicted molar refractivity (Wildman–Crippen MR) is 103 cm³/mol. The summed E-state index contributed by atoms with van der Waals surface area (Å²) in [6, 6.07) is 15.2. The molecule has 0 saturated carbocycles. The van der Waals surface area contributed by atoms with Crippen LogP contribution in [0.25, 0.3) is 0 Å². The highest BCUT2D eigenvalue weighted by Gasteiger charge is 2.18. The Labute approximate surface area is 163 Å². The highest BCUT2D eigenvalue weighted by Crippen LogP contribution is 2.17. The predicted octanol–water partition coefficient (Wildman–Crippen LogP) is 2.39. The summed E-state index contributed by atoms with van der Waals surface area (Å²) in [4.78, 5) is 36.6. The highest BCUT2D eigenvalue weighted by atomic mass is 16.5. The number of benzene rings is 2. The minimum Gasteiger partial charge on any atom is -0.452 e. The molecule has 28 heavy (non-hydrogen) atoms. The average Bonchev–Trinajstić information content (AvgIpc) is 3.25. The van der Waals surface area contributed by atoms with Crippen molar-refractivity contribution in [1.82, 2.24) is 5.32 Å². The van der Waals surface area contributed by atoms with E-state index in [2.05, 4.69) is 10.6 Å². The number of hydrogen-bond acceptors (Lipinski definition) is 5. The lowest BCUT2D eigenvalue weighted by Gasteiger charge is -2.12. The zero-order chi connectivity index (χ0) is 19.8. The third-order valence-corrected chi connectivity index (χ3v) is 4.32. The minimum absolute atomic E-state index is 0.0218. The van der Waals surface area contributed by atoms with Crippen molar-refractivity contribution in [3.05, 3.63) is 65.7 Å². The van der Waals surface area contributed by atoms with E-state index in [0.717, 1.165) is 12.8 Å². The number of nitrogens with one attached hydrogen (secondary N) is 2. The van der Waals surface area contributed by atoms with E-state index in [-0.39, 0.29) is 17.6 Å². The molecular weight excluding hydrogens is 360 g/mol. The largest absolute Gasteiger partial charge is 0.452 e. The molecule has 0 aromatic heterocycles. The number of para-hydroxylation sites is 1. The summed E-state index contributed by atoms with van der Waals surface area (Å²) < 4.78 is 10.5. The first-order valence-corrected chi connectivity index (χ1v) is 9.14. The molecule has 0 bridgehead atoms. The Kier molecular flexibility index (Phi) is 6.75. The van der Waals surface area contributed by atoms with Crippen molar-refractivity contribution in [2.45, 2.75) is 18.9 Å². The molecule has 2 amide bonds. The fourth-order valence-corrected chi connectivity index (χ4v) is 2.85. The molecule has 1 saturated heterocycles. The van der Waals surface area contributed by atoms with Crippen molar-refractivity contribution in [1.29, 1.82) is 0 Å². The van der Waals surface area contributed by atoms with Crippen molar-refractivity contribution in [3.63, 3.8) is 0 Å². The molecule has 3 rings (SSSR count). The minimum atomic E-state index is -0.684. The van der Waals surface area contributed by atoms with E-state index in [1.807, 2.05) is 6.07 Å². The second-order valence-electron chi connectivity index (χ2n) is 6.38. The first-order chi connectivity index (χ1) is 13.6. The maximum absolute atomic E-state index is 12.4.